The van der Waals surface area contributed by atoms with E-state index in [1.54, 1.807) is 0 Å². The molecule has 2 rings (SSSR count). The summed E-state index contributed by atoms with van der Waals surface area (Å²) in [6.45, 7) is 10.6. The first kappa shape index (κ1) is 15.3. The van der Waals surface area contributed by atoms with Crippen LogP contribution in [0.2, 0.25) is 0 Å². The molecule has 0 spiro atoms. The molecule has 0 radical (unpaired) electrons. The van der Waals surface area contributed by atoms with Crippen molar-refractivity contribution in [2.45, 2.75) is 39.7 Å². The number of ether oxygens (including phenoxy) is 2. The van der Waals surface area contributed by atoms with E-state index in [1.807, 2.05) is 13.8 Å². The first-order chi connectivity index (χ1) is 9.49. The van der Waals surface area contributed by atoms with Crippen LogP contribution >= 0.6 is 11.3 Å². The van der Waals surface area contributed by atoms with Crippen LogP contribution in [0.15, 0.2) is 0 Å². The minimum atomic E-state index is -0.278. The Hall–Kier alpha value is -1.14. The van der Waals surface area contributed by atoms with E-state index in [2.05, 4.69) is 23.7 Å². The lowest BCUT2D eigenvalue weighted by Crippen LogP contribution is -2.49. The summed E-state index contributed by atoms with van der Waals surface area (Å²) >= 11 is 1.41. The third-order valence-electron chi connectivity index (χ3n) is 3.60. The van der Waals surface area contributed by atoms with E-state index in [0.29, 0.717) is 18.1 Å². The largest absolute Gasteiger partial charge is 0.462 e. The summed E-state index contributed by atoms with van der Waals surface area (Å²) in [7, 11) is 0. The van der Waals surface area contributed by atoms with Gasteiger partial charge in [0, 0.05) is 13.1 Å². The molecule has 1 aliphatic heterocycles. The number of hydrogen-bond donors (Lipinski definition) is 0. The summed E-state index contributed by atoms with van der Waals surface area (Å²) in [6, 6.07) is 0. The normalized spacial score (nSPS) is 22.9. The Morgan fingerprint density at radius 2 is 2.30 bits per heavy atom. The molecule has 0 aromatic carbocycles. The van der Waals surface area contributed by atoms with Crippen molar-refractivity contribution in [3.8, 4) is 0 Å². The van der Waals surface area contributed by atoms with Crippen LogP contribution in [0.5, 0.6) is 0 Å². The Kier molecular flexibility index (Phi) is 4.65. The smallest absolute Gasteiger partial charge is 0.350 e. The van der Waals surface area contributed by atoms with Crippen molar-refractivity contribution in [3.63, 3.8) is 0 Å². The van der Waals surface area contributed by atoms with Crippen LogP contribution in [0.4, 0.5) is 5.13 Å². The quantitative estimate of drug-likeness (QED) is 0.800. The van der Waals surface area contributed by atoms with Gasteiger partial charge in [-0.25, -0.2) is 9.78 Å². The average Bonchev–Trinajstić information content (AvgIpc) is 2.81. The Balaban J connectivity index is 2.17. The third kappa shape index (κ3) is 3.12. The zero-order valence-electron chi connectivity index (χ0n) is 12.6. The van der Waals surface area contributed by atoms with Crippen LogP contribution < -0.4 is 4.90 Å². The fourth-order valence-electron chi connectivity index (χ4n) is 2.21. The highest BCUT2D eigenvalue weighted by Gasteiger charge is 2.32. The van der Waals surface area contributed by atoms with Gasteiger partial charge in [-0.05, 0) is 27.2 Å². The van der Waals surface area contributed by atoms with Crippen LogP contribution in [0.3, 0.4) is 0 Å². The fourth-order valence-corrected chi connectivity index (χ4v) is 3.20. The highest BCUT2D eigenvalue weighted by Crippen LogP contribution is 2.31. The molecule has 1 fully saturated rings. The molecule has 0 bridgehead atoms. The minimum absolute atomic E-state index is 0.137. The SMILES string of the molecule is CCOC(=O)c1sc(N2CCOC(C)(CC)C2)nc1C. The molecule has 0 N–H and O–H groups in total. The summed E-state index contributed by atoms with van der Waals surface area (Å²) in [5, 5.41) is 0.883. The predicted octanol–water partition coefficient (Wildman–Crippen LogP) is 2.63. The number of nitrogens with zero attached hydrogens (tertiary/aromatic N) is 2. The van der Waals surface area contributed by atoms with E-state index in [4.69, 9.17) is 9.47 Å². The van der Waals surface area contributed by atoms with E-state index in [1.165, 1.54) is 11.3 Å². The second-order valence-corrected chi connectivity index (χ2v) is 6.18. The molecular formula is C14H22N2O3S. The zero-order chi connectivity index (χ0) is 14.8. The molecule has 1 atom stereocenters. The molecule has 2 heterocycles. The van der Waals surface area contributed by atoms with Gasteiger partial charge in [0.05, 0.1) is 24.5 Å². The highest BCUT2D eigenvalue weighted by atomic mass is 32.1. The van der Waals surface area contributed by atoms with Crippen molar-refractivity contribution in [3.05, 3.63) is 10.6 Å². The first-order valence-corrected chi connectivity index (χ1v) is 7.84. The second kappa shape index (κ2) is 6.10. The number of rotatable bonds is 4. The van der Waals surface area contributed by atoms with Gasteiger partial charge >= 0.3 is 5.97 Å². The molecule has 0 aliphatic carbocycles. The Morgan fingerprint density at radius 3 is 2.95 bits per heavy atom. The van der Waals surface area contributed by atoms with Crippen molar-refractivity contribution in [2.75, 3.05) is 31.2 Å². The number of hydrogen-bond acceptors (Lipinski definition) is 6. The summed E-state index contributed by atoms with van der Waals surface area (Å²) in [6.07, 6.45) is 0.957. The van der Waals surface area contributed by atoms with Crippen LogP contribution in [0.1, 0.15) is 42.6 Å². The summed E-state index contributed by atoms with van der Waals surface area (Å²) in [5.74, 6) is -0.278. The fraction of sp³-hybridized carbons (Fsp3) is 0.714. The maximum absolute atomic E-state index is 11.9. The second-order valence-electron chi connectivity index (χ2n) is 5.20. The van der Waals surface area contributed by atoms with Gasteiger partial charge < -0.3 is 14.4 Å². The third-order valence-corrected chi connectivity index (χ3v) is 4.80. The summed E-state index contributed by atoms with van der Waals surface area (Å²) in [4.78, 5) is 19.2. The van der Waals surface area contributed by atoms with Gasteiger partial charge in [0.1, 0.15) is 4.88 Å². The number of aryl methyl sites for hydroxylation is 1. The Morgan fingerprint density at radius 1 is 1.55 bits per heavy atom. The van der Waals surface area contributed by atoms with E-state index in [-0.39, 0.29) is 11.6 Å². The molecule has 1 aromatic rings. The Labute approximate surface area is 123 Å². The number of aromatic nitrogens is 1. The molecule has 1 unspecified atom stereocenters. The van der Waals surface area contributed by atoms with Crippen molar-refractivity contribution >= 4 is 22.4 Å². The van der Waals surface area contributed by atoms with E-state index in [0.717, 1.165) is 30.3 Å². The van der Waals surface area contributed by atoms with Crippen molar-refractivity contribution in [1.29, 1.82) is 0 Å². The highest BCUT2D eigenvalue weighted by molar-refractivity contribution is 7.17. The van der Waals surface area contributed by atoms with Crippen LogP contribution in [0.25, 0.3) is 0 Å². The Bertz CT molecular complexity index is 489. The number of carbonyl (C=O) groups is 1. The van der Waals surface area contributed by atoms with Crippen molar-refractivity contribution in [1.82, 2.24) is 4.98 Å². The zero-order valence-corrected chi connectivity index (χ0v) is 13.4. The van der Waals surface area contributed by atoms with E-state index in [9.17, 15) is 4.79 Å². The number of thiazole rings is 1. The van der Waals surface area contributed by atoms with Gasteiger partial charge in [0.15, 0.2) is 5.13 Å². The number of esters is 1. The summed E-state index contributed by atoms with van der Waals surface area (Å²) < 4.78 is 10.9. The van der Waals surface area contributed by atoms with Gasteiger partial charge in [-0.2, -0.15) is 0 Å². The molecule has 0 saturated carbocycles. The number of anilines is 1. The maximum Gasteiger partial charge on any atom is 0.350 e. The molecule has 1 aromatic heterocycles. The molecule has 112 valence electrons. The van der Waals surface area contributed by atoms with Gasteiger partial charge in [-0.15, -0.1) is 0 Å². The number of morpholine rings is 1. The van der Waals surface area contributed by atoms with Crippen molar-refractivity contribution in [2.24, 2.45) is 0 Å². The van der Waals surface area contributed by atoms with Crippen LogP contribution in [-0.4, -0.2) is 42.9 Å². The first-order valence-electron chi connectivity index (χ1n) is 7.02. The van der Waals surface area contributed by atoms with Gasteiger partial charge in [-0.1, -0.05) is 18.3 Å². The molecule has 6 heteroatoms. The molecule has 5 nitrogen and oxygen atoms in total. The van der Waals surface area contributed by atoms with Gasteiger partial charge in [0.2, 0.25) is 0 Å². The topological polar surface area (TPSA) is 51.7 Å². The molecule has 20 heavy (non-hydrogen) atoms. The molecular weight excluding hydrogens is 276 g/mol. The molecule has 0 amide bonds. The van der Waals surface area contributed by atoms with Crippen LogP contribution in [0, 0.1) is 6.92 Å². The molecule has 1 saturated heterocycles. The van der Waals surface area contributed by atoms with Gasteiger partial charge in [0.25, 0.3) is 0 Å². The molecule has 1 aliphatic rings. The summed E-state index contributed by atoms with van der Waals surface area (Å²) in [5.41, 5.74) is 0.607. The van der Waals surface area contributed by atoms with E-state index >= 15 is 0 Å². The predicted molar refractivity (Wildman–Crippen MR) is 79.7 cm³/mol. The lowest BCUT2D eigenvalue weighted by molar-refractivity contribution is -0.0441. The standard InChI is InChI=1S/C14H22N2O3S/c1-5-14(4)9-16(7-8-19-14)13-15-10(3)11(20-13)12(17)18-6-2/h5-9H2,1-4H3. The maximum atomic E-state index is 11.9. The lowest BCUT2D eigenvalue weighted by atomic mass is 10.0. The van der Waals surface area contributed by atoms with Gasteiger partial charge in [-0.3, -0.25) is 0 Å². The minimum Gasteiger partial charge on any atom is -0.462 e. The average molecular weight is 298 g/mol. The van der Waals surface area contributed by atoms with Crippen molar-refractivity contribution < 1.29 is 14.3 Å². The lowest BCUT2D eigenvalue weighted by Gasteiger charge is -2.39. The number of carbonyl (C=O) groups excluding carboxylic acids is 1. The monoisotopic (exact) mass is 298 g/mol. The van der Waals surface area contributed by atoms with E-state index < -0.39 is 0 Å². The van der Waals surface area contributed by atoms with Crippen LogP contribution in [-0.2, 0) is 9.47 Å².